The van der Waals surface area contributed by atoms with Gasteiger partial charge < -0.3 is 10.3 Å². The van der Waals surface area contributed by atoms with Crippen molar-refractivity contribution >= 4 is 5.91 Å². The number of carbonyl (C=O) groups excluding carboxylic acids is 1. The molecule has 3 rings (SSSR count). The molecule has 0 spiro atoms. The van der Waals surface area contributed by atoms with Gasteiger partial charge in [0, 0.05) is 24.0 Å². The Bertz CT molecular complexity index is 535. The first-order valence-corrected chi connectivity index (χ1v) is 6.63. The maximum atomic E-state index is 12.1. The van der Waals surface area contributed by atoms with Crippen molar-refractivity contribution in [3.05, 3.63) is 33.7 Å². The van der Waals surface area contributed by atoms with Gasteiger partial charge in [0.25, 0.3) is 5.91 Å². The van der Waals surface area contributed by atoms with Gasteiger partial charge in [0.1, 0.15) is 5.56 Å². The summed E-state index contributed by atoms with van der Waals surface area (Å²) in [7, 11) is 0. The van der Waals surface area contributed by atoms with E-state index in [0.29, 0.717) is 5.92 Å². The van der Waals surface area contributed by atoms with E-state index in [1.807, 2.05) is 0 Å². The predicted molar refractivity (Wildman–Crippen MR) is 68.5 cm³/mol. The molecule has 2 N–H and O–H groups in total. The molecule has 2 saturated carbocycles. The molecule has 2 aliphatic rings. The second-order valence-corrected chi connectivity index (χ2v) is 5.65. The van der Waals surface area contributed by atoms with E-state index in [4.69, 9.17) is 0 Å². The maximum absolute atomic E-state index is 12.1. The van der Waals surface area contributed by atoms with Crippen LogP contribution in [0.15, 0.2) is 17.1 Å². The second-order valence-electron chi connectivity index (χ2n) is 5.65. The number of rotatable bonds is 2. The van der Waals surface area contributed by atoms with Crippen LogP contribution in [-0.4, -0.2) is 16.9 Å². The fourth-order valence-electron chi connectivity index (χ4n) is 3.42. The topological polar surface area (TPSA) is 62.0 Å². The van der Waals surface area contributed by atoms with E-state index in [1.165, 1.54) is 31.5 Å². The number of hydrogen-bond acceptors (Lipinski definition) is 2. The largest absolute Gasteiger partial charge is 0.364 e. The van der Waals surface area contributed by atoms with Crippen LogP contribution in [0.3, 0.4) is 0 Å². The molecule has 1 aromatic heterocycles. The minimum absolute atomic E-state index is 0.202. The first-order valence-electron chi connectivity index (χ1n) is 6.63. The molecule has 3 atom stereocenters. The van der Waals surface area contributed by atoms with Crippen molar-refractivity contribution in [1.29, 1.82) is 0 Å². The molecule has 0 aliphatic heterocycles. The number of amides is 1. The normalized spacial score (nSPS) is 29.5. The van der Waals surface area contributed by atoms with Gasteiger partial charge in [-0.25, -0.2) is 0 Å². The molecular formula is C14H18N2O2. The quantitative estimate of drug-likeness (QED) is 0.832. The highest BCUT2D eigenvalue weighted by molar-refractivity contribution is 5.94. The van der Waals surface area contributed by atoms with Gasteiger partial charge in [-0.15, -0.1) is 0 Å². The van der Waals surface area contributed by atoms with E-state index in [9.17, 15) is 9.59 Å². The van der Waals surface area contributed by atoms with E-state index >= 15 is 0 Å². The zero-order valence-electron chi connectivity index (χ0n) is 10.5. The van der Waals surface area contributed by atoms with Gasteiger partial charge in [-0.05, 0) is 38.0 Å². The molecule has 18 heavy (non-hydrogen) atoms. The lowest BCUT2D eigenvalue weighted by atomic mass is 9.95. The van der Waals surface area contributed by atoms with Crippen molar-refractivity contribution in [3.8, 4) is 0 Å². The number of nitrogens with one attached hydrogen (secondary N) is 2. The van der Waals surface area contributed by atoms with Crippen molar-refractivity contribution in [1.82, 2.24) is 10.3 Å². The van der Waals surface area contributed by atoms with Gasteiger partial charge in [0.05, 0.1) is 0 Å². The number of aromatic amines is 1. The average Bonchev–Trinajstić information content (AvgIpc) is 2.90. The first kappa shape index (κ1) is 11.5. The molecule has 2 aliphatic carbocycles. The third-order valence-electron chi connectivity index (χ3n) is 4.36. The summed E-state index contributed by atoms with van der Waals surface area (Å²) >= 11 is 0. The van der Waals surface area contributed by atoms with Crippen LogP contribution in [0.2, 0.25) is 0 Å². The van der Waals surface area contributed by atoms with Crippen LogP contribution in [-0.2, 0) is 0 Å². The van der Waals surface area contributed by atoms with Gasteiger partial charge in [0.15, 0.2) is 5.43 Å². The van der Waals surface area contributed by atoms with E-state index in [1.54, 1.807) is 6.92 Å². The fourth-order valence-corrected chi connectivity index (χ4v) is 3.42. The summed E-state index contributed by atoms with van der Waals surface area (Å²) < 4.78 is 0. The number of carbonyl (C=O) groups is 1. The summed E-state index contributed by atoms with van der Waals surface area (Å²) in [6.45, 7) is 1.80. The Morgan fingerprint density at radius 1 is 1.39 bits per heavy atom. The van der Waals surface area contributed by atoms with Crippen molar-refractivity contribution in [2.24, 2.45) is 11.8 Å². The number of pyridine rings is 1. The highest BCUT2D eigenvalue weighted by atomic mass is 16.2. The van der Waals surface area contributed by atoms with Crippen LogP contribution < -0.4 is 10.7 Å². The Balaban J connectivity index is 1.73. The van der Waals surface area contributed by atoms with Crippen molar-refractivity contribution in [3.63, 3.8) is 0 Å². The minimum Gasteiger partial charge on any atom is -0.364 e. The Kier molecular flexibility index (Phi) is 2.73. The Morgan fingerprint density at radius 3 is 2.83 bits per heavy atom. The molecule has 0 radical (unpaired) electrons. The van der Waals surface area contributed by atoms with Gasteiger partial charge in [-0.1, -0.05) is 6.42 Å². The zero-order valence-corrected chi connectivity index (χ0v) is 10.5. The molecule has 0 saturated heterocycles. The number of fused-ring (bicyclic) bond motifs is 2. The molecule has 3 unspecified atom stereocenters. The molecule has 96 valence electrons. The van der Waals surface area contributed by atoms with Crippen molar-refractivity contribution in [2.45, 2.75) is 38.6 Å². The van der Waals surface area contributed by atoms with Crippen molar-refractivity contribution < 1.29 is 4.79 Å². The third kappa shape index (κ3) is 1.96. The summed E-state index contributed by atoms with van der Waals surface area (Å²) in [6.07, 6.45) is 6.37. The monoisotopic (exact) mass is 246 g/mol. The molecular weight excluding hydrogens is 228 g/mol. The smallest absolute Gasteiger partial charge is 0.256 e. The highest BCUT2D eigenvalue weighted by Crippen LogP contribution is 2.44. The maximum Gasteiger partial charge on any atom is 0.256 e. The lowest BCUT2D eigenvalue weighted by molar-refractivity contribution is 0.0921. The highest BCUT2D eigenvalue weighted by Gasteiger charge is 2.40. The zero-order chi connectivity index (χ0) is 12.7. The molecule has 1 heterocycles. The van der Waals surface area contributed by atoms with E-state index in [2.05, 4.69) is 10.3 Å². The fraction of sp³-hybridized carbons (Fsp3) is 0.571. The molecule has 4 heteroatoms. The van der Waals surface area contributed by atoms with Crippen LogP contribution in [0, 0.1) is 18.8 Å². The summed E-state index contributed by atoms with van der Waals surface area (Å²) in [5, 5.41) is 3.03. The minimum atomic E-state index is -0.228. The Hall–Kier alpha value is -1.58. The number of aryl methyl sites for hydroxylation is 1. The number of H-pyrrole nitrogens is 1. The number of hydrogen-bond donors (Lipinski definition) is 2. The SMILES string of the molecule is Cc1cc(=O)c(C(=O)NC2CC3CCC2C3)c[nH]1. The first-order chi connectivity index (χ1) is 8.63. The molecule has 2 bridgehead atoms. The Labute approximate surface area is 106 Å². The third-order valence-corrected chi connectivity index (χ3v) is 4.36. The molecule has 2 fully saturated rings. The number of aromatic nitrogens is 1. The predicted octanol–water partition coefficient (Wildman–Crippen LogP) is 1.60. The van der Waals surface area contributed by atoms with E-state index in [0.717, 1.165) is 18.0 Å². The van der Waals surface area contributed by atoms with E-state index in [-0.39, 0.29) is 22.9 Å². The summed E-state index contributed by atoms with van der Waals surface area (Å²) in [4.78, 5) is 26.7. The standard InChI is InChI=1S/C14H18N2O2/c1-8-4-13(17)11(7-15-8)14(18)16-12-6-9-2-3-10(12)5-9/h4,7,9-10,12H,2-3,5-6H2,1H3,(H,15,17)(H,16,18). The molecule has 4 nitrogen and oxygen atoms in total. The second kappa shape index (κ2) is 4.26. The summed E-state index contributed by atoms with van der Waals surface area (Å²) in [5.41, 5.74) is 0.798. The molecule has 1 aromatic rings. The lowest BCUT2D eigenvalue weighted by Gasteiger charge is -2.22. The van der Waals surface area contributed by atoms with Gasteiger partial charge in [-0.3, -0.25) is 9.59 Å². The Morgan fingerprint density at radius 2 is 2.22 bits per heavy atom. The van der Waals surface area contributed by atoms with Gasteiger partial charge >= 0.3 is 0 Å². The van der Waals surface area contributed by atoms with Crippen LogP contribution in [0.25, 0.3) is 0 Å². The van der Waals surface area contributed by atoms with E-state index < -0.39 is 0 Å². The molecule has 1 amide bonds. The van der Waals surface area contributed by atoms with Crippen LogP contribution in [0.5, 0.6) is 0 Å². The summed E-state index contributed by atoms with van der Waals surface area (Å²) in [5.74, 6) is 1.19. The lowest BCUT2D eigenvalue weighted by Crippen LogP contribution is -2.40. The van der Waals surface area contributed by atoms with Crippen LogP contribution in [0.4, 0.5) is 0 Å². The average molecular weight is 246 g/mol. The van der Waals surface area contributed by atoms with Crippen LogP contribution in [0.1, 0.15) is 41.7 Å². The van der Waals surface area contributed by atoms with Crippen LogP contribution >= 0.6 is 0 Å². The summed E-state index contributed by atoms with van der Waals surface area (Å²) in [6, 6.07) is 1.74. The molecule has 0 aromatic carbocycles. The van der Waals surface area contributed by atoms with Crippen molar-refractivity contribution in [2.75, 3.05) is 0 Å². The van der Waals surface area contributed by atoms with Gasteiger partial charge in [-0.2, -0.15) is 0 Å². The van der Waals surface area contributed by atoms with Gasteiger partial charge in [0.2, 0.25) is 0 Å².